The van der Waals surface area contributed by atoms with Gasteiger partial charge in [0.05, 0.1) is 5.69 Å². The van der Waals surface area contributed by atoms with Gasteiger partial charge in [-0.15, -0.1) is 11.3 Å². The Morgan fingerprint density at radius 3 is 2.80 bits per heavy atom. The molecule has 102 valence electrons. The topological polar surface area (TPSA) is 43.3 Å². The second-order valence-electron chi connectivity index (χ2n) is 5.66. The average Bonchev–Trinajstić information content (AvgIpc) is 3.04. The maximum atomic E-state index is 6.52. The Kier molecular flexibility index (Phi) is 2.69. The molecule has 2 N–H and O–H groups in total. The van der Waals surface area contributed by atoms with Crippen LogP contribution in [0.2, 0.25) is 0 Å². The van der Waals surface area contributed by atoms with Gasteiger partial charge in [-0.1, -0.05) is 30.3 Å². The molecule has 1 aromatic carbocycles. The predicted octanol–water partition coefficient (Wildman–Crippen LogP) is 3.00. The molecule has 4 rings (SSSR count). The Labute approximate surface area is 122 Å². The molecular formula is C16H17N3S. The lowest BCUT2D eigenvalue weighted by Crippen LogP contribution is -2.36. The summed E-state index contributed by atoms with van der Waals surface area (Å²) in [6.45, 7) is 0. The van der Waals surface area contributed by atoms with Gasteiger partial charge in [-0.05, 0) is 18.4 Å². The van der Waals surface area contributed by atoms with Crippen molar-refractivity contribution in [2.24, 2.45) is 5.73 Å². The average molecular weight is 283 g/mol. The van der Waals surface area contributed by atoms with Gasteiger partial charge in [0, 0.05) is 35.7 Å². The molecule has 1 aliphatic rings. The van der Waals surface area contributed by atoms with E-state index in [1.165, 1.54) is 18.4 Å². The molecule has 0 bridgehead atoms. The first-order valence-electron chi connectivity index (χ1n) is 7.00. The number of fused-ring (bicyclic) bond motifs is 1. The molecule has 2 aromatic heterocycles. The number of hydrogen-bond donors (Lipinski definition) is 1. The van der Waals surface area contributed by atoms with Crippen LogP contribution in [0.3, 0.4) is 0 Å². The third kappa shape index (κ3) is 1.87. The minimum absolute atomic E-state index is 0.148. The van der Waals surface area contributed by atoms with Crippen LogP contribution in [0.4, 0.5) is 0 Å². The van der Waals surface area contributed by atoms with Crippen LogP contribution >= 0.6 is 11.3 Å². The van der Waals surface area contributed by atoms with Gasteiger partial charge in [-0.2, -0.15) is 0 Å². The molecule has 3 aromatic rings. The smallest absolute Gasteiger partial charge is 0.193 e. The van der Waals surface area contributed by atoms with Gasteiger partial charge < -0.3 is 5.73 Å². The molecule has 1 fully saturated rings. The van der Waals surface area contributed by atoms with E-state index in [0.717, 1.165) is 17.1 Å². The minimum Gasteiger partial charge on any atom is -0.327 e. The van der Waals surface area contributed by atoms with E-state index in [-0.39, 0.29) is 11.5 Å². The summed E-state index contributed by atoms with van der Waals surface area (Å²) in [4.78, 5) is 5.70. The molecule has 0 saturated heterocycles. The summed E-state index contributed by atoms with van der Waals surface area (Å²) in [6.07, 6.45) is 7.39. The predicted molar refractivity (Wildman–Crippen MR) is 82.1 cm³/mol. The third-order valence-electron chi connectivity index (χ3n) is 4.42. The summed E-state index contributed by atoms with van der Waals surface area (Å²) in [5.74, 6) is 0. The number of benzene rings is 1. The number of thiazole rings is 1. The molecule has 3 nitrogen and oxygen atoms in total. The van der Waals surface area contributed by atoms with E-state index in [0.29, 0.717) is 0 Å². The number of hydrogen-bond acceptors (Lipinski definition) is 3. The van der Waals surface area contributed by atoms with Crippen molar-refractivity contribution in [2.75, 3.05) is 0 Å². The zero-order chi connectivity index (χ0) is 13.6. The van der Waals surface area contributed by atoms with Crippen LogP contribution in [0.5, 0.6) is 0 Å². The highest BCUT2D eigenvalue weighted by atomic mass is 32.1. The number of imidazole rings is 1. The first-order valence-corrected chi connectivity index (χ1v) is 7.88. The second kappa shape index (κ2) is 4.43. The van der Waals surface area contributed by atoms with Crippen LogP contribution in [0, 0.1) is 0 Å². The van der Waals surface area contributed by atoms with Gasteiger partial charge in [0.1, 0.15) is 0 Å². The molecule has 1 saturated carbocycles. The molecule has 1 atom stereocenters. The summed E-state index contributed by atoms with van der Waals surface area (Å²) in [7, 11) is 0. The molecule has 1 unspecified atom stereocenters. The van der Waals surface area contributed by atoms with Crippen molar-refractivity contribution in [3.05, 3.63) is 59.4 Å². The molecule has 2 heterocycles. The fraction of sp³-hybridized carbons (Fsp3) is 0.312. The van der Waals surface area contributed by atoms with E-state index < -0.39 is 0 Å². The van der Waals surface area contributed by atoms with Crippen LogP contribution in [-0.2, 0) is 11.8 Å². The van der Waals surface area contributed by atoms with Gasteiger partial charge >= 0.3 is 0 Å². The molecule has 0 spiro atoms. The van der Waals surface area contributed by atoms with Crippen LogP contribution in [-0.4, -0.2) is 15.4 Å². The maximum absolute atomic E-state index is 6.52. The number of nitrogens with two attached hydrogens (primary N) is 1. The van der Waals surface area contributed by atoms with E-state index in [1.54, 1.807) is 11.3 Å². The van der Waals surface area contributed by atoms with Crippen molar-refractivity contribution in [3.8, 4) is 0 Å². The van der Waals surface area contributed by atoms with E-state index >= 15 is 0 Å². The highest BCUT2D eigenvalue weighted by molar-refractivity contribution is 7.15. The number of nitrogens with zero attached hydrogens (tertiary/aromatic N) is 2. The summed E-state index contributed by atoms with van der Waals surface area (Å²) in [6, 6.07) is 10.8. The molecular weight excluding hydrogens is 266 g/mol. The summed E-state index contributed by atoms with van der Waals surface area (Å²) in [5.41, 5.74) is 9.19. The van der Waals surface area contributed by atoms with E-state index in [9.17, 15) is 0 Å². The quantitative estimate of drug-likeness (QED) is 0.800. The van der Waals surface area contributed by atoms with Crippen LogP contribution in [0.1, 0.15) is 24.1 Å². The number of aromatic nitrogens is 2. The van der Waals surface area contributed by atoms with Crippen molar-refractivity contribution in [1.82, 2.24) is 9.38 Å². The lowest BCUT2D eigenvalue weighted by molar-refractivity contribution is 0.510. The second-order valence-corrected chi connectivity index (χ2v) is 6.53. The largest absolute Gasteiger partial charge is 0.327 e. The Bertz CT molecular complexity index is 696. The summed E-state index contributed by atoms with van der Waals surface area (Å²) >= 11 is 1.67. The van der Waals surface area contributed by atoms with Gasteiger partial charge in [0.15, 0.2) is 4.96 Å². The monoisotopic (exact) mass is 283 g/mol. The van der Waals surface area contributed by atoms with Crippen molar-refractivity contribution in [3.63, 3.8) is 0 Å². The van der Waals surface area contributed by atoms with Crippen molar-refractivity contribution < 1.29 is 0 Å². The van der Waals surface area contributed by atoms with E-state index in [1.807, 2.05) is 6.20 Å². The zero-order valence-corrected chi connectivity index (χ0v) is 12.0. The fourth-order valence-corrected chi connectivity index (χ4v) is 3.79. The maximum Gasteiger partial charge on any atom is 0.193 e. The molecule has 4 heteroatoms. The standard InChI is InChI=1S/C16H17N3S/c17-14(10-13-11-19-8-9-20-15(19)18-13)16(6-7-16)12-4-2-1-3-5-12/h1-5,8-9,11,14H,6-7,10,17H2. The normalized spacial score (nSPS) is 18.2. The lowest BCUT2D eigenvalue weighted by atomic mass is 9.86. The Balaban J connectivity index is 1.58. The SMILES string of the molecule is NC(Cc1cn2ccsc2n1)C1(c2ccccc2)CC1. The molecule has 1 aliphatic carbocycles. The summed E-state index contributed by atoms with van der Waals surface area (Å²) < 4.78 is 2.08. The Morgan fingerprint density at radius 2 is 2.10 bits per heavy atom. The van der Waals surface area contributed by atoms with Crippen LogP contribution in [0.15, 0.2) is 48.1 Å². The fourth-order valence-electron chi connectivity index (χ4n) is 3.07. The zero-order valence-electron chi connectivity index (χ0n) is 11.2. The van der Waals surface area contributed by atoms with Crippen molar-refractivity contribution >= 4 is 16.3 Å². The molecule has 20 heavy (non-hydrogen) atoms. The Hall–Kier alpha value is -1.65. The highest BCUT2D eigenvalue weighted by Crippen LogP contribution is 2.50. The van der Waals surface area contributed by atoms with Gasteiger partial charge in [-0.25, -0.2) is 4.98 Å². The van der Waals surface area contributed by atoms with Gasteiger partial charge in [0.2, 0.25) is 0 Å². The van der Waals surface area contributed by atoms with Gasteiger partial charge in [0.25, 0.3) is 0 Å². The third-order valence-corrected chi connectivity index (χ3v) is 5.19. The van der Waals surface area contributed by atoms with Gasteiger partial charge in [-0.3, -0.25) is 4.40 Å². The number of rotatable bonds is 4. The van der Waals surface area contributed by atoms with E-state index in [2.05, 4.69) is 51.3 Å². The van der Waals surface area contributed by atoms with Crippen molar-refractivity contribution in [2.45, 2.75) is 30.7 Å². The van der Waals surface area contributed by atoms with Crippen LogP contribution in [0.25, 0.3) is 4.96 Å². The first-order chi connectivity index (χ1) is 9.78. The Morgan fingerprint density at radius 1 is 1.30 bits per heavy atom. The highest BCUT2D eigenvalue weighted by Gasteiger charge is 2.49. The first kappa shape index (κ1) is 12.1. The van der Waals surface area contributed by atoms with E-state index in [4.69, 9.17) is 5.73 Å². The summed E-state index contributed by atoms with van der Waals surface area (Å²) in [5, 5.41) is 2.05. The molecule has 0 radical (unpaired) electrons. The minimum atomic E-state index is 0.148. The van der Waals surface area contributed by atoms with Crippen LogP contribution < -0.4 is 5.73 Å². The lowest BCUT2D eigenvalue weighted by Gasteiger charge is -2.23. The van der Waals surface area contributed by atoms with Crippen molar-refractivity contribution in [1.29, 1.82) is 0 Å². The molecule has 0 aliphatic heterocycles. The molecule has 0 amide bonds.